The van der Waals surface area contributed by atoms with E-state index in [4.69, 9.17) is 10.5 Å². The van der Waals surface area contributed by atoms with Crippen LogP contribution >= 0.6 is 0 Å². The van der Waals surface area contributed by atoms with Crippen LogP contribution < -0.4 is 10.2 Å². The van der Waals surface area contributed by atoms with Crippen molar-refractivity contribution in [2.24, 2.45) is 0 Å². The first-order chi connectivity index (χ1) is 18.5. The molecule has 0 saturated carbocycles. The highest BCUT2D eigenvalue weighted by atomic mass is 19.4. The normalized spacial score (nSPS) is 15.6. The van der Waals surface area contributed by atoms with E-state index >= 15 is 0 Å². The van der Waals surface area contributed by atoms with Gasteiger partial charge in [-0.3, -0.25) is 9.69 Å². The van der Waals surface area contributed by atoms with Crippen molar-refractivity contribution in [3.8, 4) is 23.3 Å². The molecule has 11 heteroatoms. The van der Waals surface area contributed by atoms with Crippen molar-refractivity contribution in [3.05, 3.63) is 77.6 Å². The molecule has 1 atom stereocenters. The number of piperazine rings is 1. The topological polar surface area (TPSA) is 116 Å². The van der Waals surface area contributed by atoms with Gasteiger partial charge in [-0.1, -0.05) is 24.3 Å². The maximum Gasteiger partial charge on any atom is 0.419 e. The Balaban J connectivity index is 1.33. The molecule has 1 aliphatic rings. The van der Waals surface area contributed by atoms with Gasteiger partial charge in [-0.05, 0) is 48.4 Å². The number of nitrogens with zero attached hydrogens (tertiary/aromatic N) is 5. The molecule has 2 aromatic carbocycles. The van der Waals surface area contributed by atoms with Gasteiger partial charge >= 0.3 is 6.18 Å². The molecule has 1 unspecified atom stereocenters. The number of carbonyl (C=O) groups excluding carboxylic acids is 1. The number of nitrogens with one attached hydrogen (secondary N) is 1. The Morgan fingerprint density at radius 1 is 1.00 bits per heavy atom. The van der Waals surface area contributed by atoms with Crippen LogP contribution in [0.5, 0.6) is 0 Å². The number of aliphatic hydroxyl groups is 1. The summed E-state index contributed by atoms with van der Waals surface area (Å²) >= 11 is 0. The summed E-state index contributed by atoms with van der Waals surface area (Å²) in [6.45, 7) is 3.73. The molecule has 2 N–H and O–H groups in total. The lowest BCUT2D eigenvalue weighted by Crippen LogP contribution is -2.54. The summed E-state index contributed by atoms with van der Waals surface area (Å²) in [6.07, 6.45) is -3.86. The Labute approximate surface area is 223 Å². The summed E-state index contributed by atoms with van der Waals surface area (Å²) in [4.78, 5) is 20.3. The fraction of sp³-hybridized carbons (Fsp3) is 0.286. The van der Waals surface area contributed by atoms with Crippen molar-refractivity contribution in [1.82, 2.24) is 9.88 Å². The minimum Gasteiger partial charge on any atom is -0.379 e. The number of carbonyl (C=O) groups is 1. The number of β-amino-alcohol motifs (C(OH)–C–C–N with tert-alkyl or cyclic N) is 1. The first-order valence-corrected chi connectivity index (χ1v) is 12.1. The molecule has 1 amide bonds. The van der Waals surface area contributed by atoms with E-state index in [1.165, 1.54) is 13.0 Å². The molecule has 1 aliphatic heterocycles. The van der Waals surface area contributed by atoms with Crippen LogP contribution in [-0.2, 0) is 11.0 Å². The van der Waals surface area contributed by atoms with Crippen LogP contribution in [0.2, 0.25) is 0 Å². The first kappa shape index (κ1) is 27.6. The van der Waals surface area contributed by atoms with Crippen LogP contribution in [0, 0.1) is 22.7 Å². The van der Waals surface area contributed by atoms with E-state index in [2.05, 4.69) is 21.3 Å². The molecule has 0 aliphatic carbocycles. The third-order valence-corrected chi connectivity index (χ3v) is 6.53. The Morgan fingerprint density at radius 2 is 1.59 bits per heavy atom. The van der Waals surface area contributed by atoms with Crippen LogP contribution in [0.25, 0.3) is 11.1 Å². The number of alkyl halides is 3. The summed E-state index contributed by atoms with van der Waals surface area (Å²) in [7, 11) is 0. The Bertz CT molecular complexity index is 1420. The molecule has 0 radical (unpaired) electrons. The number of hydrogen-bond donors (Lipinski definition) is 2. The number of nitriles is 2. The predicted molar refractivity (Wildman–Crippen MR) is 138 cm³/mol. The SMILES string of the molecule is CC(O)(CN1CCN(c2ccc(-c3ccc(C#N)cc3)cc2)CC1)C(=O)Nc1cnc(C#N)c(C(F)(F)F)c1. The monoisotopic (exact) mass is 534 g/mol. The molecular formula is C28H25F3N6O2. The predicted octanol–water partition coefficient (Wildman–Crippen LogP) is 4.02. The smallest absolute Gasteiger partial charge is 0.379 e. The van der Waals surface area contributed by atoms with Gasteiger partial charge in [0, 0.05) is 38.4 Å². The standard InChI is InChI=1S/C28H25F3N6O2/c1-27(39,26(38)35-22-14-24(28(29,30)31)25(16-33)34-17-22)18-36-10-12-37(13-11-36)23-8-6-21(7-9-23)20-4-2-19(15-32)3-5-20/h2-9,14,17,39H,10-13,18H2,1H3,(H,35,38). The average molecular weight is 535 g/mol. The number of halogens is 3. The van der Waals surface area contributed by atoms with E-state index in [1.54, 1.807) is 12.1 Å². The molecule has 39 heavy (non-hydrogen) atoms. The number of amides is 1. The van der Waals surface area contributed by atoms with E-state index in [0.29, 0.717) is 37.8 Å². The van der Waals surface area contributed by atoms with Crippen molar-refractivity contribution >= 4 is 17.3 Å². The molecule has 4 rings (SSSR count). The summed E-state index contributed by atoms with van der Waals surface area (Å²) in [6, 6.07) is 19.6. The van der Waals surface area contributed by atoms with Crippen LogP contribution in [0.3, 0.4) is 0 Å². The third kappa shape index (κ3) is 6.52. The number of benzene rings is 2. The molecule has 8 nitrogen and oxygen atoms in total. The fourth-order valence-corrected chi connectivity index (χ4v) is 4.38. The number of hydrogen-bond acceptors (Lipinski definition) is 7. The van der Waals surface area contributed by atoms with Gasteiger partial charge in [0.05, 0.1) is 29.1 Å². The van der Waals surface area contributed by atoms with E-state index in [-0.39, 0.29) is 12.2 Å². The highest BCUT2D eigenvalue weighted by molar-refractivity contribution is 5.97. The average Bonchev–Trinajstić information content (AvgIpc) is 2.93. The van der Waals surface area contributed by atoms with Gasteiger partial charge in [-0.25, -0.2) is 4.98 Å². The molecule has 1 saturated heterocycles. The number of anilines is 2. The molecule has 0 spiro atoms. The minimum atomic E-state index is -4.81. The van der Waals surface area contributed by atoms with Gasteiger partial charge in [-0.2, -0.15) is 23.7 Å². The lowest BCUT2D eigenvalue weighted by atomic mass is 10.0. The highest BCUT2D eigenvalue weighted by Gasteiger charge is 2.37. The summed E-state index contributed by atoms with van der Waals surface area (Å²) in [5, 5.41) is 30.9. The third-order valence-electron chi connectivity index (χ3n) is 6.53. The molecule has 2 heterocycles. The lowest BCUT2D eigenvalue weighted by Gasteiger charge is -2.38. The van der Waals surface area contributed by atoms with Crippen molar-refractivity contribution in [3.63, 3.8) is 0 Å². The van der Waals surface area contributed by atoms with E-state index in [1.807, 2.05) is 41.3 Å². The Morgan fingerprint density at radius 3 is 2.13 bits per heavy atom. The van der Waals surface area contributed by atoms with E-state index in [9.17, 15) is 23.1 Å². The maximum absolute atomic E-state index is 13.2. The van der Waals surface area contributed by atoms with E-state index < -0.39 is 28.9 Å². The van der Waals surface area contributed by atoms with Crippen LogP contribution in [-0.4, -0.2) is 59.2 Å². The quantitative estimate of drug-likeness (QED) is 0.491. The maximum atomic E-state index is 13.2. The van der Waals surface area contributed by atoms with Crippen LogP contribution in [0.1, 0.15) is 23.7 Å². The zero-order valence-corrected chi connectivity index (χ0v) is 21.0. The second-order valence-corrected chi connectivity index (χ2v) is 9.46. The second kappa shape index (κ2) is 11.1. The summed E-state index contributed by atoms with van der Waals surface area (Å²) in [5.41, 5.74) is -0.520. The highest BCUT2D eigenvalue weighted by Crippen LogP contribution is 2.33. The van der Waals surface area contributed by atoms with Gasteiger partial charge < -0.3 is 15.3 Å². The number of rotatable bonds is 6. The Kier molecular flexibility index (Phi) is 7.86. The van der Waals surface area contributed by atoms with Gasteiger partial charge in [-0.15, -0.1) is 0 Å². The molecular weight excluding hydrogens is 509 g/mol. The summed E-state index contributed by atoms with van der Waals surface area (Å²) in [5.74, 6) is -0.872. The van der Waals surface area contributed by atoms with Gasteiger partial charge in [0.1, 0.15) is 6.07 Å². The zero-order valence-electron chi connectivity index (χ0n) is 21.0. The molecule has 200 valence electrons. The summed E-state index contributed by atoms with van der Waals surface area (Å²) < 4.78 is 39.6. The molecule has 1 aromatic heterocycles. The van der Waals surface area contributed by atoms with Gasteiger partial charge in [0.25, 0.3) is 5.91 Å². The Hall–Kier alpha value is -4.45. The second-order valence-electron chi connectivity index (χ2n) is 9.46. The van der Waals surface area contributed by atoms with Crippen molar-refractivity contribution < 1.29 is 23.1 Å². The fourth-order valence-electron chi connectivity index (χ4n) is 4.38. The van der Waals surface area contributed by atoms with Crippen LogP contribution in [0.15, 0.2) is 60.8 Å². The minimum absolute atomic E-state index is 0.0138. The molecule has 3 aromatic rings. The number of aromatic nitrogens is 1. The van der Waals surface area contributed by atoms with Crippen molar-refractivity contribution in [1.29, 1.82) is 10.5 Å². The van der Waals surface area contributed by atoms with Gasteiger partial charge in [0.15, 0.2) is 11.3 Å². The van der Waals surface area contributed by atoms with Crippen LogP contribution in [0.4, 0.5) is 24.5 Å². The number of pyridine rings is 1. The first-order valence-electron chi connectivity index (χ1n) is 12.1. The largest absolute Gasteiger partial charge is 0.419 e. The lowest BCUT2D eigenvalue weighted by molar-refractivity contribution is -0.138. The molecule has 0 bridgehead atoms. The molecule has 1 fully saturated rings. The van der Waals surface area contributed by atoms with Crippen molar-refractivity contribution in [2.45, 2.75) is 18.7 Å². The van der Waals surface area contributed by atoms with E-state index in [0.717, 1.165) is 23.0 Å². The zero-order chi connectivity index (χ0) is 28.2. The van der Waals surface area contributed by atoms with Crippen molar-refractivity contribution in [2.75, 3.05) is 42.9 Å². The van der Waals surface area contributed by atoms with Gasteiger partial charge in [0.2, 0.25) is 0 Å².